The minimum atomic E-state index is -0.972. The smallest absolute Gasteiger partial charge is 0.432 e. The number of nitrogens with zero attached hydrogens (tertiary/aromatic N) is 2. The number of hydrogen-bond acceptors (Lipinski definition) is 7. The van der Waals surface area contributed by atoms with Gasteiger partial charge in [-0.2, -0.15) is 0 Å². The van der Waals surface area contributed by atoms with Crippen molar-refractivity contribution in [2.75, 3.05) is 19.7 Å². The maximum atomic E-state index is 12.4. The van der Waals surface area contributed by atoms with E-state index in [-0.39, 0.29) is 42.8 Å². The van der Waals surface area contributed by atoms with Gasteiger partial charge in [-0.05, 0) is 32.4 Å². The van der Waals surface area contributed by atoms with Crippen LogP contribution in [0.25, 0.3) is 0 Å². The highest BCUT2D eigenvalue weighted by molar-refractivity contribution is 5.77. The molecule has 166 valence electrons. The van der Waals surface area contributed by atoms with Gasteiger partial charge >= 0.3 is 6.16 Å². The van der Waals surface area contributed by atoms with Gasteiger partial charge in [0.1, 0.15) is 12.4 Å². The van der Waals surface area contributed by atoms with Gasteiger partial charge in [-0.15, -0.1) is 0 Å². The van der Waals surface area contributed by atoms with Gasteiger partial charge in [0, 0.05) is 37.1 Å². The molecule has 0 atom stereocenters. The van der Waals surface area contributed by atoms with Gasteiger partial charge in [0.25, 0.3) is 5.69 Å². The predicted molar refractivity (Wildman–Crippen MR) is 109 cm³/mol. The first-order chi connectivity index (χ1) is 14.1. The Hall–Kier alpha value is -3.17. The lowest BCUT2D eigenvalue weighted by molar-refractivity contribution is -0.384. The summed E-state index contributed by atoms with van der Waals surface area (Å²) in [5.41, 5.74) is -0.679. The summed E-state index contributed by atoms with van der Waals surface area (Å²) >= 11 is 0. The summed E-state index contributed by atoms with van der Waals surface area (Å²) in [5, 5.41) is 13.4. The normalized spacial score (nSPS) is 10.8. The number of nitro groups is 1. The summed E-state index contributed by atoms with van der Waals surface area (Å²) < 4.78 is 10.0. The second kappa shape index (κ2) is 11.7. The second-order valence-electron chi connectivity index (χ2n) is 7.12. The van der Waals surface area contributed by atoms with Crippen LogP contribution in [0.15, 0.2) is 24.3 Å². The molecule has 10 heteroatoms. The zero-order chi connectivity index (χ0) is 22.7. The van der Waals surface area contributed by atoms with E-state index in [1.54, 1.807) is 18.7 Å². The Kier molecular flexibility index (Phi) is 9.73. The lowest BCUT2D eigenvalue weighted by atomic mass is 9.97. The Labute approximate surface area is 175 Å². The van der Waals surface area contributed by atoms with Crippen molar-refractivity contribution in [1.29, 1.82) is 0 Å². The van der Waals surface area contributed by atoms with E-state index in [1.807, 2.05) is 13.8 Å². The molecule has 0 heterocycles. The second-order valence-corrected chi connectivity index (χ2v) is 7.12. The Morgan fingerprint density at radius 3 is 2.30 bits per heavy atom. The highest BCUT2D eigenvalue weighted by Crippen LogP contribution is 2.20. The van der Waals surface area contributed by atoms with Gasteiger partial charge in [-0.1, -0.05) is 13.8 Å². The number of carbonyl (C=O) groups is 3. The maximum absolute atomic E-state index is 12.4. The molecular formula is C20H29N3O7. The van der Waals surface area contributed by atoms with Crippen LogP contribution in [0.3, 0.4) is 0 Å². The fourth-order valence-electron chi connectivity index (χ4n) is 2.71. The number of non-ortho nitro benzene ring substituents is 1. The Balaban J connectivity index is 2.58. The fourth-order valence-corrected chi connectivity index (χ4v) is 2.71. The largest absolute Gasteiger partial charge is 0.513 e. The molecule has 0 aliphatic carbocycles. The number of rotatable bonds is 11. The summed E-state index contributed by atoms with van der Waals surface area (Å²) in [6, 6.07) is 5.01. The molecule has 0 aliphatic heterocycles. The van der Waals surface area contributed by atoms with Crippen molar-refractivity contribution in [2.24, 2.45) is 0 Å². The molecule has 0 aliphatic rings. The first-order valence-electron chi connectivity index (χ1n) is 9.77. The molecule has 0 spiro atoms. The summed E-state index contributed by atoms with van der Waals surface area (Å²) in [6.07, 6.45) is 0.249. The average Bonchev–Trinajstić information content (AvgIpc) is 2.70. The van der Waals surface area contributed by atoms with Crippen LogP contribution in [0.4, 0.5) is 10.5 Å². The van der Waals surface area contributed by atoms with Crippen LogP contribution in [0.5, 0.6) is 5.75 Å². The quantitative estimate of drug-likeness (QED) is 0.251. The van der Waals surface area contributed by atoms with Gasteiger partial charge < -0.3 is 19.7 Å². The van der Waals surface area contributed by atoms with E-state index in [0.717, 1.165) is 0 Å². The molecular weight excluding hydrogens is 394 g/mol. The molecule has 0 aromatic heterocycles. The summed E-state index contributed by atoms with van der Waals surface area (Å²) in [5.74, 6) is -0.0512. The third-order valence-electron chi connectivity index (χ3n) is 4.50. The van der Waals surface area contributed by atoms with E-state index in [0.29, 0.717) is 19.4 Å². The SMILES string of the molecule is CCC(=O)NCCC(C)(C)N(CCOC(=O)Oc1ccc([N+](=O)[O-])cc1)C(=O)CC. The van der Waals surface area contributed by atoms with Crippen molar-refractivity contribution in [3.63, 3.8) is 0 Å². The van der Waals surface area contributed by atoms with Crippen LogP contribution >= 0.6 is 0 Å². The van der Waals surface area contributed by atoms with Crippen molar-refractivity contribution in [2.45, 2.75) is 52.5 Å². The van der Waals surface area contributed by atoms with E-state index < -0.39 is 16.6 Å². The molecule has 1 N–H and O–H groups in total. The first kappa shape index (κ1) is 24.9. The molecule has 0 saturated heterocycles. The monoisotopic (exact) mass is 423 g/mol. The number of carbonyl (C=O) groups excluding carboxylic acids is 3. The van der Waals surface area contributed by atoms with Crippen molar-refractivity contribution in [3.8, 4) is 5.75 Å². The van der Waals surface area contributed by atoms with Crippen molar-refractivity contribution < 1.29 is 28.8 Å². The van der Waals surface area contributed by atoms with E-state index in [9.17, 15) is 24.5 Å². The number of hydrogen-bond donors (Lipinski definition) is 1. The van der Waals surface area contributed by atoms with Crippen LogP contribution in [0, 0.1) is 10.1 Å². The summed E-state index contributed by atoms with van der Waals surface area (Å²) in [7, 11) is 0. The molecule has 0 fully saturated rings. The molecule has 30 heavy (non-hydrogen) atoms. The number of nitro benzene ring substituents is 1. The van der Waals surface area contributed by atoms with Crippen LogP contribution in [-0.2, 0) is 14.3 Å². The third-order valence-corrected chi connectivity index (χ3v) is 4.50. The highest BCUT2D eigenvalue weighted by Gasteiger charge is 2.30. The zero-order valence-corrected chi connectivity index (χ0v) is 17.8. The van der Waals surface area contributed by atoms with E-state index >= 15 is 0 Å². The van der Waals surface area contributed by atoms with Gasteiger partial charge in [0.15, 0.2) is 0 Å². The maximum Gasteiger partial charge on any atom is 0.513 e. The Morgan fingerprint density at radius 2 is 1.77 bits per heavy atom. The number of benzene rings is 1. The van der Waals surface area contributed by atoms with Crippen LogP contribution in [0.1, 0.15) is 47.0 Å². The topological polar surface area (TPSA) is 128 Å². The summed E-state index contributed by atoms with van der Waals surface area (Å²) in [6.45, 7) is 7.78. The number of nitrogens with one attached hydrogen (secondary N) is 1. The number of amides is 2. The van der Waals surface area contributed by atoms with Crippen LogP contribution < -0.4 is 10.1 Å². The van der Waals surface area contributed by atoms with Crippen molar-refractivity contribution in [1.82, 2.24) is 10.2 Å². The Morgan fingerprint density at radius 1 is 1.13 bits per heavy atom. The highest BCUT2D eigenvalue weighted by atomic mass is 16.7. The minimum Gasteiger partial charge on any atom is -0.432 e. The molecule has 0 unspecified atom stereocenters. The molecule has 0 bridgehead atoms. The standard InChI is InChI=1S/C20H29N3O7/c1-5-17(24)21-12-11-20(3,4)22(18(25)6-2)13-14-29-19(26)30-16-9-7-15(8-10-16)23(27)28/h7-10H,5-6,11-14H2,1-4H3,(H,21,24). The lowest BCUT2D eigenvalue weighted by Crippen LogP contribution is -2.50. The van der Waals surface area contributed by atoms with Crippen LogP contribution in [-0.4, -0.2) is 53.0 Å². The zero-order valence-electron chi connectivity index (χ0n) is 17.8. The van der Waals surface area contributed by atoms with E-state index in [1.165, 1.54) is 24.3 Å². The molecule has 1 rings (SSSR count). The molecule has 10 nitrogen and oxygen atoms in total. The third kappa shape index (κ3) is 8.06. The Bertz CT molecular complexity index is 747. The first-order valence-corrected chi connectivity index (χ1v) is 9.77. The van der Waals surface area contributed by atoms with Gasteiger partial charge in [0.05, 0.1) is 11.5 Å². The lowest BCUT2D eigenvalue weighted by Gasteiger charge is -2.38. The minimum absolute atomic E-state index is 0.0588. The molecule has 0 radical (unpaired) electrons. The molecule has 2 amide bonds. The average molecular weight is 423 g/mol. The molecule has 1 aromatic rings. The number of ether oxygens (including phenoxy) is 2. The van der Waals surface area contributed by atoms with Gasteiger partial charge in [0.2, 0.25) is 11.8 Å². The summed E-state index contributed by atoms with van der Waals surface area (Å²) in [4.78, 5) is 47.3. The molecule has 1 aromatic carbocycles. The predicted octanol–water partition coefficient (Wildman–Crippen LogP) is 3.04. The van der Waals surface area contributed by atoms with Gasteiger partial charge in [-0.25, -0.2) is 4.79 Å². The molecule has 0 saturated carbocycles. The van der Waals surface area contributed by atoms with Crippen molar-refractivity contribution >= 4 is 23.7 Å². The van der Waals surface area contributed by atoms with E-state index in [4.69, 9.17) is 9.47 Å². The van der Waals surface area contributed by atoms with Crippen molar-refractivity contribution in [3.05, 3.63) is 34.4 Å². The van der Waals surface area contributed by atoms with Crippen LogP contribution in [0.2, 0.25) is 0 Å². The van der Waals surface area contributed by atoms with E-state index in [2.05, 4.69) is 5.32 Å². The fraction of sp³-hybridized carbons (Fsp3) is 0.550. The van der Waals surface area contributed by atoms with Gasteiger partial charge in [-0.3, -0.25) is 19.7 Å².